The highest BCUT2D eigenvalue weighted by atomic mass is 16.5. The minimum absolute atomic E-state index is 0.142. The molecule has 1 atom stereocenters. The third-order valence-electron chi connectivity index (χ3n) is 4.25. The molecule has 1 aromatic heterocycles. The van der Waals surface area contributed by atoms with Crippen molar-refractivity contribution < 1.29 is 9.53 Å². The molecule has 0 aliphatic carbocycles. The minimum atomic E-state index is -0.536. The topological polar surface area (TPSA) is 51.5 Å². The van der Waals surface area contributed by atoms with Crippen LogP contribution in [0.15, 0.2) is 23.1 Å². The quantitative estimate of drug-likeness (QED) is 0.689. The lowest BCUT2D eigenvalue weighted by Gasteiger charge is -2.30. The van der Waals surface area contributed by atoms with Crippen LogP contribution < -0.4 is 5.56 Å². The van der Waals surface area contributed by atoms with E-state index in [9.17, 15) is 9.59 Å². The fraction of sp³-hybridized carbons (Fsp3) is 0.667. The van der Waals surface area contributed by atoms with Gasteiger partial charge in [-0.1, -0.05) is 19.9 Å². The third kappa shape index (κ3) is 4.93. The number of ether oxygens (including phenoxy) is 1. The fourth-order valence-corrected chi connectivity index (χ4v) is 2.84. The predicted molar refractivity (Wildman–Crippen MR) is 90.6 cm³/mol. The molecule has 2 rings (SSSR count). The van der Waals surface area contributed by atoms with Gasteiger partial charge in [0.05, 0.1) is 6.61 Å². The number of aromatic nitrogens is 1. The lowest BCUT2D eigenvalue weighted by atomic mass is 10.0. The molecule has 1 saturated heterocycles. The van der Waals surface area contributed by atoms with Crippen LogP contribution in [0.25, 0.3) is 0 Å². The Morgan fingerprint density at radius 2 is 2.04 bits per heavy atom. The molecule has 1 fully saturated rings. The summed E-state index contributed by atoms with van der Waals surface area (Å²) in [7, 11) is 0. The zero-order valence-electron chi connectivity index (χ0n) is 14.5. The second kappa shape index (κ2) is 8.29. The molecule has 0 radical (unpaired) electrons. The highest BCUT2D eigenvalue weighted by Crippen LogP contribution is 2.19. The van der Waals surface area contributed by atoms with E-state index in [1.807, 2.05) is 26.1 Å². The van der Waals surface area contributed by atoms with E-state index in [0.717, 1.165) is 18.5 Å². The van der Waals surface area contributed by atoms with E-state index in [1.165, 1.54) is 19.5 Å². The summed E-state index contributed by atoms with van der Waals surface area (Å²) in [5, 5.41) is 0. The summed E-state index contributed by atoms with van der Waals surface area (Å²) in [6.45, 7) is 9.55. The number of nitrogens with zero attached hydrogens (tertiary/aromatic N) is 2. The van der Waals surface area contributed by atoms with E-state index >= 15 is 0 Å². The number of esters is 1. The molecule has 5 nitrogen and oxygen atoms in total. The molecule has 1 aromatic rings. The molecule has 128 valence electrons. The Hall–Kier alpha value is -1.62. The van der Waals surface area contributed by atoms with Gasteiger partial charge in [0, 0.05) is 18.8 Å². The van der Waals surface area contributed by atoms with Gasteiger partial charge in [0.1, 0.15) is 6.04 Å². The van der Waals surface area contributed by atoms with Crippen LogP contribution in [0.4, 0.5) is 0 Å². The first-order valence-corrected chi connectivity index (χ1v) is 8.61. The average molecular weight is 320 g/mol. The van der Waals surface area contributed by atoms with E-state index in [2.05, 4.69) is 4.90 Å². The van der Waals surface area contributed by atoms with Gasteiger partial charge in [-0.25, -0.2) is 4.79 Å². The van der Waals surface area contributed by atoms with E-state index in [0.29, 0.717) is 18.9 Å². The molecule has 1 aliphatic heterocycles. The molecular formula is C18H28N2O3. The third-order valence-corrected chi connectivity index (χ3v) is 4.25. The molecule has 0 aromatic carbocycles. The SMILES string of the molecule is CCOC(=O)C(CC(C)C)n1cc(CCN2CCC2)ccc1=O. The zero-order valence-corrected chi connectivity index (χ0v) is 14.5. The largest absolute Gasteiger partial charge is 0.464 e. The predicted octanol–water partition coefficient (Wildman–Crippen LogP) is 2.25. The van der Waals surface area contributed by atoms with Gasteiger partial charge in [0.15, 0.2) is 0 Å². The van der Waals surface area contributed by atoms with Gasteiger partial charge in [-0.15, -0.1) is 0 Å². The molecule has 0 bridgehead atoms. The Balaban J connectivity index is 2.18. The standard InChI is InChI=1S/C18H28N2O3/c1-4-23-18(22)16(12-14(2)3)20-13-15(6-7-17(20)21)8-11-19-9-5-10-19/h6-7,13-14,16H,4-5,8-12H2,1-3H3. The van der Waals surface area contributed by atoms with Crippen LogP contribution in [0.1, 0.15) is 45.2 Å². The van der Waals surface area contributed by atoms with Gasteiger partial charge < -0.3 is 14.2 Å². The normalized spacial score (nSPS) is 16.2. The Labute approximate surface area is 138 Å². The van der Waals surface area contributed by atoms with Crippen LogP contribution >= 0.6 is 0 Å². The smallest absolute Gasteiger partial charge is 0.329 e. The molecular weight excluding hydrogens is 292 g/mol. The van der Waals surface area contributed by atoms with Crippen molar-refractivity contribution in [3.05, 3.63) is 34.2 Å². The molecule has 0 saturated carbocycles. The van der Waals surface area contributed by atoms with E-state index in [4.69, 9.17) is 4.74 Å². The first-order chi connectivity index (χ1) is 11.0. The van der Waals surface area contributed by atoms with Crippen LogP contribution in [0.3, 0.4) is 0 Å². The van der Waals surface area contributed by atoms with Crippen molar-refractivity contribution in [1.82, 2.24) is 9.47 Å². The van der Waals surface area contributed by atoms with Gasteiger partial charge in [0.25, 0.3) is 5.56 Å². The van der Waals surface area contributed by atoms with E-state index < -0.39 is 6.04 Å². The Bertz CT molecular complexity index is 576. The summed E-state index contributed by atoms with van der Waals surface area (Å²) in [4.78, 5) is 26.9. The van der Waals surface area contributed by atoms with Gasteiger partial charge >= 0.3 is 5.97 Å². The molecule has 2 heterocycles. The van der Waals surface area contributed by atoms with Crippen molar-refractivity contribution in [1.29, 1.82) is 0 Å². The molecule has 23 heavy (non-hydrogen) atoms. The summed E-state index contributed by atoms with van der Waals surface area (Å²) in [5.41, 5.74) is 0.950. The van der Waals surface area contributed by atoms with Crippen LogP contribution in [0.5, 0.6) is 0 Å². The number of pyridine rings is 1. The Morgan fingerprint density at radius 3 is 2.61 bits per heavy atom. The van der Waals surface area contributed by atoms with Crippen molar-refractivity contribution in [2.24, 2.45) is 5.92 Å². The average Bonchev–Trinajstić information content (AvgIpc) is 2.45. The van der Waals surface area contributed by atoms with Gasteiger partial charge in [0.2, 0.25) is 0 Å². The van der Waals surface area contributed by atoms with Crippen molar-refractivity contribution in [3.8, 4) is 0 Å². The van der Waals surface area contributed by atoms with Gasteiger partial charge in [-0.05, 0) is 50.8 Å². The number of hydrogen-bond acceptors (Lipinski definition) is 4. The summed E-state index contributed by atoms with van der Waals surface area (Å²) in [6, 6.07) is 2.90. The van der Waals surface area contributed by atoms with E-state index in [1.54, 1.807) is 17.6 Å². The van der Waals surface area contributed by atoms with Crippen molar-refractivity contribution in [3.63, 3.8) is 0 Å². The molecule has 0 N–H and O–H groups in total. The Morgan fingerprint density at radius 1 is 1.30 bits per heavy atom. The first kappa shape index (κ1) is 17.7. The van der Waals surface area contributed by atoms with Crippen LogP contribution in [-0.2, 0) is 16.0 Å². The summed E-state index contributed by atoms with van der Waals surface area (Å²) >= 11 is 0. The maximum absolute atomic E-state index is 12.3. The molecule has 0 spiro atoms. The summed E-state index contributed by atoms with van der Waals surface area (Å²) in [5.74, 6) is -0.00996. The second-order valence-electron chi connectivity index (χ2n) is 6.63. The highest BCUT2D eigenvalue weighted by molar-refractivity contribution is 5.74. The number of carbonyl (C=O) groups is 1. The molecule has 0 amide bonds. The number of likely N-dealkylation sites (tertiary alicyclic amines) is 1. The maximum atomic E-state index is 12.3. The maximum Gasteiger partial charge on any atom is 0.329 e. The van der Waals surface area contributed by atoms with Gasteiger partial charge in [-0.3, -0.25) is 4.79 Å². The monoisotopic (exact) mass is 320 g/mol. The molecule has 5 heteroatoms. The first-order valence-electron chi connectivity index (χ1n) is 8.61. The van der Waals surface area contributed by atoms with Crippen LogP contribution in [0.2, 0.25) is 0 Å². The van der Waals surface area contributed by atoms with Crippen LogP contribution in [0, 0.1) is 5.92 Å². The summed E-state index contributed by atoms with van der Waals surface area (Å²) in [6.07, 6.45) is 4.62. The second-order valence-corrected chi connectivity index (χ2v) is 6.63. The van der Waals surface area contributed by atoms with Crippen molar-refractivity contribution in [2.45, 2.75) is 46.1 Å². The molecule has 1 aliphatic rings. The lowest BCUT2D eigenvalue weighted by molar-refractivity contribution is -0.147. The van der Waals surface area contributed by atoms with Gasteiger partial charge in [-0.2, -0.15) is 0 Å². The minimum Gasteiger partial charge on any atom is -0.464 e. The fourth-order valence-electron chi connectivity index (χ4n) is 2.84. The highest BCUT2D eigenvalue weighted by Gasteiger charge is 2.24. The zero-order chi connectivity index (χ0) is 16.8. The number of carbonyl (C=O) groups excluding carboxylic acids is 1. The van der Waals surface area contributed by atoms with Crippen molar-refractivity contribution in [2.75, 3.05) is 26.2 Å². The van der Waals surface area contributed by atoms with Crippen LogP contribution in [-0.4, -0.2) is 41.7 Å². The Kier molecular flexibility index (Phi) is 6.39. The van der Waals surface area contributed by atoms with E-state index in [-0.39, 0.29) is 11.5 Å². The van der Waals surface area contributed by atoms with Crippen molar-refractivity contribution >= 4 is 5.97 Å². The lowest BCUT2D eigenvalue weighted by Crippen LogP contribution is -2.38. The number of rotatable bonds is 8. The molecule has 1 unspecified atom stereocenters. The summed E-state index contributed by atoms with van der Waals surface area (Å²) < 4.78 is 6.73. The number of hydrogen-bond donors (Lipinski definition) is 0.